The minimum absolute atomic E-state index is 0.00178. The van der Waals surface area contributed by atoms with Crippen molar-refractivity contribution in [2.45, 2.75) is 122 Å². The number of carbonyl (C=O) groups is 3. The molecular weight excluding hydrogens is 553 g/mol. The molecule has 0 N–H and O–H groups in total. The van der Waals surface area contributed by atoms with Crippen molar-refractivity contribution in [1.29, 1.82) is 0 Å². The van der Waals surface area contributed by atoms with E-state index in [0.717, 1.165) is 19.3 Å². The van der Waals surface area contributed by atoms with E-state index in [4.69, 9.17) is 18.5 Å². The summed E-state index contributed by atoms with van der Waals surface area (Å²) in [5.74, 6) is -2.53. The average molecular weight is 609 g/mol. The summed E-state index contributed by atoms with van der Waals surface area (Å²) >= 11 is 0. The average Bonchev–Trinajstić information content (AvgIpc) is 2.87. The molecule has 11 nitrogen and oxygen atoms in total. The summed E-state index contributed by atoms with van der Waals surface area (Å²) < 4.78 is 32.7. The predicted molar refractivity (Wildman–Crippen MR) is 152 cm³/mol. The lowest BCUT2D eigenvalue weighted by Crippen LogP contribution is -2.37. The maximum atomic E-state index is 12.2. The second-order valence-electron chi connectivity index (χ2n) is 11.6. The number of aliphatic carboxylic acids is 1. The van der Waals surface area contributed by atoms with Crippen LogP contribution in [0.25, 0.3) is 0 Å². The third-order valence-corrected chi connectivity index (χ3v) is 7.37. The molecule has 242 valence electrons. The summed E-state index contributed by atoms with van der Waals surface area (Å²) in [6, 6.07) is 0. The summed E-state index contributed by atoms with van der Waals surface area (Å²) in [5, 5.41) is 10.6. The molecule has 12 heteroatoms. The summed E-state index contributed by atoms with van der Waals surface area (Å²) in [7, 11) is 0.952. The zero-order valence-corrected chi connectivity index (χ0v) is 26.8. The van der Waals surface area contributed by atoms with E-state index in [0.29, 0.717) is 17.4 Å². The molecule has 0 aliphatic rings. The second kappa shape index (κ2) is 24.0. The van der Waals surface area contributed by atoms with Gasteiger partial charge in [-0.05, 0) is 19.3 Å². The van der Waals surface area contributed by atoms with Gasteiger partial charge in [0.15, 0.2) is 6.10 Å². The van der Waals surface area contributed by atoms with E-state index in [1.54, 1.807) is 0 Å². The van der Waals surface area contributed by atoms with Gasteiger partial charge in [-0.2, -0.15) is 0 Å². The number of ether oxygens (including phenoxy) is 2. The number of nitrogens with zero attached hydrogens (tertiary/aromatic N) is 1. The van der Waals surface area contributed by atoms with Gasteiger partial charge in [0.25, 0.3) is 7.82 Å². The number of phosphoric acid groups is 1. The topological polar surface area (TPSA) is 151 Å². The number of hydrogen-bond donors (Lipinski definition) is 0. The standard InChI is InChI=1S/C29H56NO10P/c1-5-6-7-8-9-10-11-12-13-14-15-16-17-20-28(33)37-24-26(40-29(34)21-18-19-27(31)32)25-39-41(35,36)38-23-22-30(2,3)4/h26H,5-25H2,1-4H3,(H-,31,32,35,36)/p-1/t26-/m1/s1. The van der Waals surface area contributed by atoms with Crippen molar-refractivity contribution in [1.82, 2.24) is 0 Å². The number of carboxylic acid groups (broad SMARTS) is 1. The monoisotopic (exact) mass is 608 g/mol. The number of hydrogen-bond acceptors (Lipinski definition) is 10. The van der Waals surface area contributed by atoms with E-state index in [9.17, 15) is 28.9 Å². The first kappa shape index (κ1) is 39.5. The Labute approximate surface area is 247 Å². The highest BCUT2D eigenvalue weighted by atomic mass is 31.2. The van der Waals surface area contributed by atoms with Crippen molar-refractivity contribution >= 4 is 25.7 Å². The lowest BCUT2D eigenvalue weighted by atomic mass is 10.0. The third kappa shape index (κ3) is 28.4. The van der Waals surface area contributed by atoms with E-state index in [1.807, 2.05) is 21.1 Å². The van der Waals surface area contributed by atoms with E-state index in [-0.39, 0.29) is 38.9 Å². The first-order valence-electron chi connectivity index (χ1n) is 15.3. The Kier molecular flexibility index (Phi) is 23.1. The number of esters is 2. The summed E-state index contributed by atoms with van der Waals surface area (Å²) in [4.78, 5) is 46.9. The minimum Gasteiger partial charge on any atom is -0.756 e. The molecule has 0 aromatic carbocycles. The van der Waals surface area contributed by atoms with Gasteiger partial charge in [-0.15, -0.1) is 0 Å². The van der Waals surface area contributed by atoms with Gasteiger partial charge in [0.05, 0.1) is 27.7 Å². The predicted octanol–water partition coefficient (Wildman–Crippen LogP) is 4.05. The minimum atomic E-state index is -4.68. The van der Waals surface area contributed by atoms with Crippen LogP contribution in [-0.2, 0) is 37.5 Å². The van der Waals surface area contributed by atoms with Gasteiger partial charge < -0.3 is 37.8 Å². The smallest absolute Gasteiger partial charge is 0.306 e. The number of unbranched alkanes of at least 4 members (excludes halogenated alkanes) is 12. The van der Waals surface area contributed by atoms with Crippen molar-refractivity contribution in [2.75, 3.05) is 47.5 Å². The molecule has 0 spiro atoms. The van der Waals surface area contributed by atoms with Crippen LogP contribution in [-0.4, -0.2) is 76.0 Å². The zero-order chi connectivity index (χ0) is 31.0. The Morgan fingerprint density at radius 2 is 1.22 bits per heavy atom. The molecule has 0 amide bonds. The molecule has 1 unspecified atom stereocenters. The Hall–Kier alpha value is -1.52. The third-order valence-electron chi connectivity index (χ3n) is 6.40. The van der Waals surface area contributed by atoms with Crippen LogP contribution in [0, 0.1) is 0 Å². The van der Waals surface area contributed by atoms with Crippen LogP contribution < -0.4 is 10.00 Å². The van der Waals surface area contributed by atoms with E-state index in [2.05, 4.69) is 6.92 Å². The molecule has 0 aliphatic heterocycles. The largest absolute Gasteiger partial charge is 0.756 e. The highest BCUT2D eigenvalue weighted by Crippen LogP contribution is 2.38. The fourth-order valence-corrected chi connectivity index (χ4v) is 4.65. The molecule has 0 rings (SSSR count). The molecule has 0 saturated carbocycles. The quantitative estimate of drug-likeness (QED) is 0.0550. The fraction of sp³-hybridized carbons (Fsp3) is 0.897. The molecule has 2 atom stereocenters. The summed E-state index contributed by atoms with van der Waals surface area (Å²) in [6.45, 7) is 1.58. The number of carbonyl (C=O) groups excluding carboxylic acids is 3. The highest BCUT2D eigenvalue weighted by Gasteiger charge is 2.21. The molecule has 0 bridgehead atoms. The number of rotatable bonds is 28. The molecule has 0 heterocycles. The molecule has 0 saturated heterocycles. The Bertz CT molecular complexity index is 756. The Morgan fingerprint density at radius 1 is 0.707 bits per heavy atom. The van der Waals surface area contributed by atoms with E-state index < -0.39 is 38.4 Å². The normalized spacial score (nSPS) is 13.9. The SMILES string of the molecule is CCCCCCCCCCCCCCCC(=O)OC[C@H](COP(=O)([O-])OCC[N+](C)(C)C)OC(=O)CCCC(=O)[O-]. The van der Waals surface area contributed by atoms with Crippen LogP contribution in [0.2, 0.25) is 0 Å². The molecule has 0 aromatic heterocycles. The first-order valence-corrected chi connectivity index (χ1v) is 16.8. The molecule has 41 heavy (non-hydrogen) atoms. The highest BCUT2D eigenvalue weighted by molar-refractivity contribution is 7.45. The molecular formula is C29H55NO10P-. The van der Waals surface area contributed by atoms with Crippen molar-refractivity contribution in [3.05, 3.63) is 0 Å². The van der Waals surface area contributed by atoms with Crippen molar-refractivity contribution in [3.63, 3.8) is 0 Å². The van der Waals surface area contributed by atoms with E-state index in [1.165, 1.54) is 57.8 Å². The lowest BCUT2D eigenvalue weighted by Gasteiger charge is -2.28. The molecule has 0 fully saturated rings. The van der Waals surface area contributed by atoms with Gasteiger partial charge in [-0.3, -0.25) is 14.2 Å². The lowest BCUT2D eigenvalue weighted by molar-refractivity contribution is -0.870. The Balaban J connectivity index is 4.34. The number of quaternary nitrogens is 1. The molecule has 0 aromatic rings. The maximum absolute atomic E-state index is 12.2. The molecule has 0 aliphatic carbocycles. The van der Waals surface area contributed by atoms with Gasteiger partial charge in [0, 0.05) is 18.8 Å². The van der Waals surface area contributed by atoms with Gasteiger partial charge in [0.2, 0.25) is 0 Å². The second-order valence-corrected chi connectivity index (χ2v) is 13.0. The van der Waals surface area contributed by atoms with E-state index >= 15 is 0 Å². The maximum Gasteiger partial charge on any atom is 0.306 e. The van der Waals surface area contributed by atoms with Crippen molar-refractivity contribution in [3.8, 4) is 0 Å². The van der Waals surface area contributed by atoms with Crippen LogP contribution >= 0.6 is 7.82 Å². The molecule has 0 radical (unpaired) electrons. The zero-order valence-electron chi connectivity index (χ0n) is 25.9. The number of carboxylic acids is 1. The van der Waals surface area contributed by atoms with Crippen LogP contribution in [0.4, 0.5) is 0 Å². The van der Waals surface area contributed by atoms with Gasteiger partial charge >= 0.3 is 11.9 Å². The van der Waals surface area contributed by atoms with Crippen LogP contribution in [0.15, 0.2) is 0 Å². The first-order chi connectivity index (χ1) is 19.3. The number of likely N-dealkylation sites (N-methyl/N-ethyl adjacent to an activating group) is 1. The van der Waals surface area contributed by atoms with Crippen molar-refractivity contribution in [2.24, 2.45) is 0 Å². The van der Waals surface area contributed by atoms with Crippen LogP contribution in [0.1, 0.15) is 116 Å². The fourth-order valence-electron chi connectivity index (χ4n) is 3.92. The van der Waals surface area contributed by atoms with Crippen LogP contribution in [0.5, 0.6) is 0 Å². The van der Waals surface area contributed by atoms with Gasteiger partial charge in [-0.1, -0.05) is 84.0 Å². The van der Waals surface area contributed by atoms with Crippen LogP contribution in [0.3, 0.4) is 0 Å². The van der Waals surface area contributed by atoms with Gasteiger partial charge in [-0.25, -0.2) is 0 Å². The summed E-state index contributed by atoms with van der Waals surface area (Å²) in [6.07, 6.45) is 14.0. The summed E-state index contributed by atoms with van der Waals surface area (Å²) in [5.41, 5.74) is 0. The van der Waals surface area contributed by atoms with Gasteiger partial charge in [0.1, 0.15) is 19.8 Å². The van der Waals surface area contributed by atoms with Crippen molar-refractivity contribution < 1.29 is 52.0 Å². The number of phosphoric ester groups is 1. The Morgan fingerprint density at radius 3 is 1.73 bits per heavy atom.